The minimum atomic E-state index is -0.168. The zero-order valence-corrected chi connectivity index (χ0v) is 10.4. The average Bonchev–Trinajstić information content (AvgIpc) is 2.67. The van der Waals surface area contributed by atoms with Crippen LogP contribution in [0.15, 0.2) is 24.3 Å². The molecule has 0 aliphatic heterocycles. The van der Waals surface area contributed by atoms with Gasteiger partial charge in [-0.15, -0.1) is 0 Å². The van der Waals surface area contributed by atoms with Crippen molar-refractivity contribution in [1.82, 2.24) is 4.90 Å². The molecule has 0 aromatic heterocycles. The van der Waals surface area contributed by atoms with Crippen molar-refractivity contribution < 1.29 is 4.39 Å². The summed E-state index contributed by atoms with van der Waals surface area (Å²) in [6.07, 6.45) is 3.55. The van der Waals surface area contributed by atoms with Gasteiger partial charge in [0.15, 0.2) is 0 Å². The van der Waals surface area contributed by atoms with Gasteiger partial charge in [-0.3, -0.25) is 0 Å². The summed E-state index contributed by atoms with van der Waals surface area (Å²) < 4.78 is 12.8. The first-order chi connectivity index (χ1) is 8.13. The van der Waals surface area contributed by atoms with E-state index in [1.807, 2.05) is 12.1 Å². The number of halogens is 1. The van der Waals surface area contributed by atoms with Gasteiger partial charge in [0, 0.05) is 19.1 Å². The molecule has 3 heteroatoms. The van der Waals surface area contributed by atoms with Crippen molar-refractivity contribution in [3.8, 4) is 0 Å². The van der Waals surface area contributed by atoms with Gasteiger partial charge in [0.1, 0.15) is 5.82 Å². The maximum Gasteiger partial charge on any atom is 0.123 e. The lowest BCUT2D eigenvalue weighted by atomic mass is 10.1. The number of nitrogens with two attached hydrogens (primary N) is 1. The molecule has 1 fully saturated rings. The van der Waals surface area contributed by atoms with E-state index in [1.165, 1.54) is 18.6 Å². The van der Waals surface area contributed by atoms with Crippen LogP contribution in [0.25, 0.3) is 0 Å². The van der Waals surface area contributed by atoms with Gasteiger partial charge in [-0.25, -0.2) is 4.39 Å². The fourth-order valence-electron chi connectivity index (χ4n) is 2.69. The smallest absolute Gasteiger partial charge is 0.123 e. The van der Waals surface area contributed by atoms with Crippen LogP contribution in [-0.4, -0.2) is 24.5 Å². The lowest BCUT2D eigenvalue weighted by molar-refractivity contribution is 0.270. The van der Waals surface area contributed by atoms with Gasteiger partial charge in [0.2, 0.25) is 0 Å². The van der Waals surface area contributed by atoms with Crippen LogP contribution in [-0.2, 0) is 6.54 Å². The van der Waals surface area contributed by atoms with Crippen LogP contribution in [0.1, 0.15) is 24.8 Å². The Kier molecular flexibility index (Phi) is 4.13. The summed E-state index contributed by atoms with van der Waals surface area (Å²) in [6, 6.07) is 7.15. The van der Waals surface area contributed by atoms with Gasteiger partial charge in [0.05, 0.1) is 0 Å². The van der Waals surface area contributed by atoms with Crippen LogP contribution in [0.4, 0.5) is 4.39 Å². The SMILES string of the molecule is CN(Cc1ccc(F)cc1)CC1CCC(N)C1. The predicted molar refractivity (Wildman–Crippen MR) is 68.1 cm³/mol. The molecule has 17 heavy (non-hydrogen) atoms. The Morgan fingerprint density at radius 2 is 2.00 bits per heavy atom. The Balaban J connectivity index is 1.80. The second-order valence-electron chi connectivity index (χ2n) is 5.26. The summed E-state index contributed by atoms with van der Waals surface area (Å²) in [5, 5.41) is 0. The molecule has 2 nitrogen and oxygen atoms in total. The summed E-state index contributed by atoms with van der Waals surface area (Å²) >= 11 is 0. The van der Waals surface area contributed by atoms with Gasteiger partial charge < -0.3 is 10.6 Å². The molecule has 1 aromatic rings. The van der Waals surface area contributed by atoms with Crippen molar-refractivity contribution in [3.05, 3.63) is 35.6 Å². The van der Waals surface area contributed by atoms with Crippen LogP contribution in [0, 0.1) is 11.7 Å². The minimum absolute atomic E-state index is 0.168. The van der Waals surface area contributed by atoms with Gasteiger partial charge in [-0.1, -0.05) is 12.1 Å². The van der Waals surface area contributed by atoms with Gasteiger partial charge >= 0.3 is 0 Å². The van der Waals surface area contributed by atoms with Crippen LogP contribution in [0.3, 0.4) is 0 Å². The third kappa shape index (κ3) is 3.79. The Labute approximate surface area is 103 Å². The Morgan fingerprint density at radius 1 is 1.29 bits per heavy atom. The molecule has 94 valence electrons. The van der Waals surface area contributed by atoms with E-state index in [9.17, 15) is 4.39 Å². The molecule has 0 heterocycles. The topological polar surface area (TPSA) is 29.3 Å². The molecular weight excluding hydrogens is 215 g/mol. The van der Waals surface area contributed by atoms with E-state index >= 15 is 0 Å². The highest BCUT2D eigenvalue weighted by Gasteiger charge is 2.22. The molecular formula is C14H21FN2. The van der Waals surface area contributed by atoms with E-state index in [4.69, 9.17) is 5.73 Å². The van der Waals surface area contributed by atoms with E-state index in [1.54, 1.807) is 0 Å². The third-order valence-electron chi connectivity index (χ3n) is 3.52. The number of rotatable bonds is 4. The normalized spacial score (nSPS) is 24.5. The van der Waals surface area contributed by atoms with Crippen LogP contribution >= 0.6 is 0 Å². The van der Waals surface area contributed by atoms with Crippen molar-refractivity contribution in [2.24, 2.45) is 11.7 Å². The summed E-state index contributed by atoms with van der Waals surface area (Å²) in [4.78, 5) is 2.30. The Hall–Kier alpha value is -0.930. The van der Waals surface area contributed by atoms with Crippen LogP contribution < -0.4 is 5.73 Å². The second kappa shape index (κ2) is 5.61. The zero-order valence-electron chi connectivity index (χ0n) is 10.4. The van der Waals surface area contributed by atoms with Gasteiger partial charge in [-0.2, -0.15) is 0 Å². The molecule has 1 aliphatic rings. The van der Waals surface area contributed by atoms with Crippen LogP contribution in [0.5, 0.6) is 0 Å². The maximum atomic E-state index is 12.8. The van der Waals surface area contributed by atoms with E-state index in [0.717, 1.165) is 37.4 Å². The van der Waals surface area contributed by atoms with E-state index in [0.29, 0.717) is 6.04 Å². The molecule has 0 saturated heterocycles. The monoisotopic (exact) mass is 236 g/mol. The molecule has 0 radical (unpaired) electrons. The van der Waals surface area contributed by atoms with Crippen LogP contribution in [0.2, 0.25) is 0 Å². The third-order valence-corrected chi connectivity index (χ3v) is 3.52. The van der Waals surface area contributed by atoms with Crippen molar-refractivity contribution in [1.29, 1.82) is 0 Å². The summed E-state index contributed by atoms with van der Waals surface area (Å²) in [5.74, 6) is 0.564. The molecule has 1 aromatic carbocycles. The highest BCUT2D eigenvalue weighted by molar-refractivity contribution is 5.15. The summed E-state index contributed by atoms with van der Waals surface area (Å²) in [5.41, 5.74) is 7.07. The van der Waals surface area contributed by atoms with Crippen molar-refractivity contribution in [3.63, 3.8) is 0 Å². The van der Waals surface area contributed by atoms with Gasteiger partial charge in [0.25, 0.3) is 0 Å². The molecule has 2 atom stereocenters. The molecule has 0 spiro atoms. The first-order valence-corrected chi connectivity index (χ1v) is 6.32. The van der Waals surface area contributed by atoms with E-state index in [-0.39, 0.29) is 5.82 Å². The summed E-state index contributed by atoms with van der Waals surface area (Å²) in [7, 11) is 2.12. The standard InChI is InChI=1S/C14H21FN2/c1-17(10-12-4-7-14(16)8-12)9-11-2-5-13(15)6-3-11/h2-3,5-6,12,14H,4,7-10,16H2,1H3. The predicted octanol–water partition coefficient (Wildman–Crippen LogP) is 2.38. The largest absolute Gasteiger partial charge is 0.328 e. The van der Waals surface area contributed by atoms with Gasteiger partial charge in [-0.05, 0) is 49.9 Å². The van der Waals surface area contributed by atoms with Crippen molar-refractivity contribution >= 4 is 0 Å². The number of hydrogen-bond donors (Lipinski definition) is 1. The Morgan fingerprint density at radius 3 is 2.59 bits per heavy atom. The number of benzene rings is 1. The van der Waals surface area contributed by atoms with E-state index in [2.05, 4.69) is 11.9 Å². The average molecular weight is 236 g/mol. The second-order valence-corrected chi connectivity index (χ2v) is 5.26. The quantitative estimate of drug-likeness (QED) is 0.869. The zero-order chi connectivity index (χ0) is 12.3. The lowest BCUT2D eigenvalue weighted by Gasteiger charge is -2.20. The molecule has 1 saturated carbocycles. The molecule has 0 amide bonds. The van der Waals surface area contributed by atoms with E-state index < -0.39 is 0 Å². The molecule has 1 aliphatic carbocycles. The fourth-order valence-corrected chi connectivity index (χ4v) is 2.69. The molecule has 0 bridgehead atoms. The number of hydrogen-bond acceptors (Lipinski definition) is 2. The highest BCUT2D eigenvalue weighted by Crippen LogP contribution is 2.24. The first kappa shape index (κ1) is 12.5. The highest BCUT2D eigenvalue weighted by atomic mass is 19.1. The first-order valence-electron chi connectivity index (χ1n) is 6.32. The Bertz CT molecular complexity index is 350. The van der Waals surface area contributed by atoms with Crippen molar-refractivity contribution in [2.75, 3.05) is 13.6 Å². The number of nitrogens with zero attached hydrogens (tertiary/aromatic N) is 1. The summed E-state index contributed by atoms with van der Waals surface area (Å²) in [6.45, 7) is 1.97. The lowest BCUT2D eigenvalue weighted by Crippen LogP contribution is -2.25. The molecule has 2 unspecified atom stereocenters. The molecule has 2 N–H and O–H groups in total. The maximum absolute atomic E-state index is 12.8. The minimum Gasteiger partial charge on any atom is -0.328 e. The van der Waals surface area contributed by atoms with Crippen molar-refractivity contribution in [2.45, 2.75) is 31.8 Å². The molecule has 2 rings (SSSR count). The fraction of sp³-hybridized carbons (Fsp3) is 0.571.